The molecule has 40 heavy (non-hydrogen) atoms. The maximum absolute atomic E-state index is 13.8. The molecule has 1 atom stereocenters. The van der Waals surface area contributed by atoms with Crippen molar-refractivity contribution in [2.24, 2.45) is 0 Å². The lowest BCUT2D eigenvalue weighted by Gasteiger charge is -2.38. The summed E-state index contributed by atoms with van der Waals surface area (Å²) in [7, 11) is -1.85. The first-order valence-electron chi connectivity index (χ1n) is 12.2. The van der Waals surface area contributed by atoms with Gasteiger partial charge < -0.3 is 19.5 Å². The summed E-state index contributed by atoms with van der Waals surface area (Å²) in [5.41, 5.74) is -1.30. The fourth-order valence-electron chi connectivity index (χ4n) is 4.56. The molecular formula is C28H29F3N2O6S. The molecule has 1 N–H and O–H groups in total. The van der Waals surface area contributed by atoms with Crippen molar-refractivity contribution in [2.45, 2.75) is 43.0 Å². The highest BCUT2D eigenvalue weighted by Gasteiger charge is 2.36. The molecule has 0 saturated carbocycles. The van der Waals surface area contributed by atoms with E-state index in [0.717, 1.165) is 12.1 Å². The molecule has 1 unspecified atom stereocenters. The summed E-state index contributed by atoms with van der Waals surface area (Å²) in [6.45, 7) is 2.94. The van der Waals surface area contributed by atoms with Crippen molar-refractivity contribution < 1.29 is 40.6 Å². The van der Waals surface area contributed by atoms with Gasteiger partial charge >= 0.3 is 6.18 Å². The third-order valence-corrected chi connectivity index (χ3v) is 8.17. The van der Waals surface area contributed by atoms with Gasteiger partial charge in [0.2, 0.25) is 5.91 Å². The average Bonchev–Trinajstić information content (AvgIpc) is 2.90. The van der Waals surface area contributed by atoms with Crippen LogP contribution in [0.25, 0.3) is 0 Å². The zero-order valence-electron chi connectivity index (χ0n) is 22.3. The monoisotopic (exact) mass is 578 g/mol. The van der Waals surface area contributed by atoms with Gasteiger partial charge in [-0.3, -0.25) is 9.10 Å². The Morgan fingerprint density at radius 2 is 1.73 bits per heavy atom. The van der Waals surface area contributed by atoms with Crippen molar-refractivity contribution in [3.8, 4) is 17.2 Å². The number of amides is 1. The highest BCUT2D eigenvalue weighted by atomic mass is 32.2. The third kappa shape index (κ3) is 6.11. The van der Waals surface area contributed by atoms with E-state index in [4.69, 9.17) is 14.2 Å². The molecule has 0 fully saturated rings. The number of sulfonamides is 1. The van der Waals surface area contributed by atoms with E-state index in [1.807, 2.05) is 13.8 Å². The fourth-order valence-corrected chi connectivity index (χ4v) is 5.99. The van der Waals surface area contributed by atoms with Crippen molar-refractivity contribution >= 4 is 21.6 Å². The van der Waals surface area contributed by atoms with Crippen LogP contribution in [0.5, 0.6) is 17.2 Å². The van der Waals surface area contributed by atoms with Gasteiger partial charge in [-0.05, 0) is 50.2 Å². The smallest absolute Gasteiger partial charge is 0.416 e. The first-order valence-corrected chi connectivity index (χ1v) is 13.7. The van der Waals surface area contributed by atoms with E-state index in [0.29, 0.717) is 28.1 Å². The van der Waals surface area contributed by atoms with Crippen molar-refractivity contribution in [1.29, 1.82) is 0 Å². The quantitative estimate of drug-likeness (QED) is 0.388. The Labute approximate surface area is 230 Å². The van der Waals surface area contributed by atoms with Crippen LogP contribution in [-0.4, -0.2) is 40.7 Å². The summed E-state index contributed by atoms with van der Waals surface area (Å²) in [6.07, 6.45) is -4.34. The van der Waals surface area contributed by atoms with Crippen LogP contribution in [0.4, 0.5) is 18.9 Å². The molecule has 4 rings (SSSR count). The van der Waals surface area contributed by atoms with Gasteiger partial charge in [-0.2, -0.15) is 13.2 Å². The number of benzene rings is 3. The number of fused-ring (bicyclic) bond motifs is 1. The Kier molecular flexibility index (Phi) is 7.93. The highest BCUT2D eigenvalue weighted by Crippen LogP contribution is 2.40. The summed E-state index contributed by atoms with van der Waals surface area (Å²) in [5.74, 6) is 0.222. The molecule has 0 aromatic heterocycles. The summed E-state index contributed by atoms with van der Waals surface area (Å²) < 4.78 is 85.3. The Hall–Kier alpha value is -3.93. The molecule has 3 aromatic rings. The molecule has 0 saturated heterocycles. The number of carbonyl (C=O) groups excluding carboxylic acids is 1. The number of hydrogen-bond donors (Lipinski definition) is 1. The van der Waals surface area contributed by atoms with Crippen LogP contribution in [0, 0.1) is 0 Å². The van der Waals surface area contributed by atoms with E-state index in [1.54, 1.807) is 24.3 Å². The van der Waals surface area contributed by atoms with E-state index in [1.165, 1.54) is 38.5 Å². The van der Waals surface area contributed by atoms with Gasteiger partial charge in [0, 0.05) is 18.1 Å². The average molecular weight is 579 g/mol. The number of anilines is 1. The van der Waals surface area contributed by atoms with Gasteiger partial charge in [0.15, 0.2) is 11.5 Å². The molecule has 0 radical (unpaired) electrons. The molecule has 1 aliphatic heterocycles. The number of para-hydroxylation sites is 1. The number of methoxy groups -OCH3 is 2. The third-order valence-electron chi connectivity index (χ3n) is 6.40. The van der Waals surface area contributed by atoms with Gasteiger partial charge in [0.25, 0.3) is 10.0 Å². The molecule has 1 amide bonds. The SMILES string of the molecule is COc1ccc(S(=O)(=O)N(CC(=O)NC2CC(C)(C)Oc3ccccc32)c2cccc(C(F)(F)F)c2)cc1OC. The molecular weight excluding hydrogens is 549 g/mol. The van der Waals surface area contributed by atoms with E-state index < -0.39 is 45.9 Å². The lowest BCUT2D eigenvalue weighted by atomic mass is 9.89. The summed E-state index contributed by atoms with van der Waals surface area (Å²) >= 11 is 0. The van der Waals surface area contributed by atoms with Gasteiger partial charge in [0.05, 0.1) is 36.4 Å². The second-order valence-electron chi connectivity index (χ2n) is 9.80. The number of carbonyl (C=O) groups is 1. The maximum Gasteiger partial charge on any atom is 0.416 e. The van der Waals surface area contributed by atoms with E-state index >= 15 is 0 Å². The minimum absolute atomic E-state index is 0.0954. The van der Waals surface area contributed by atoms with Crippen LogP contribution in [0.2, 0.25) is 0 Å². The van der Waals surface area contributed by atoms with Gasteiger partial charge in [-0.25, -0.2) is 8.42 Å². The topological polar surface area (TPSA) is 94.2 Å². The maximum atomic E-state index is 13.8. The molecule has 3 aromatic carbocycles. The lowest BCUT2D eigenvalue weighted by Crippen LogP contribution is -2.45. The number of nitrogens with one attached hydrogen (secondary N) is 1. The summed E-state index contributed by atoms with van der Waals surface area (Å²) in [6, 6.07) is 14.2. The molecule has 8 nitrogen and oxygen atoms in total. The normalized spacial score (nSPS) is 16.3. The molecule has 214 valence electrons. The van der Waals surface area contributed by atoms with E-state index in [-0.39, 0.29) is 22.1 Å². The Bertz CT molecular complexity index is 1510. The van der Waals surface area contributed by atoms with E-state index in [2.05, 4.69) is 5.32 Å². The lowest BCUT2D eigenvalue weighted by molar-refractivity contribution is -0.137. The van der Waals surface area contributed by atoms with Crippen molar-refractivity contribution in [2.75, 3.05) is 25.1 Å². The summed E-state index contributed by atoms with van der Waals surface area (Å²) in [5, 5.41) is 2.85. The minimum atomic E-state index is -4.73. The van der Waals surface area contributed by atoms with Gasteiger partial charge in [-0.1, -0.05) is 24.3 Å². The number of hydrogen-bond acceptors (Lipinski definition) is 6. The van der Waals surface area contributed by atoms with Crippen LogP contribution < -0.4 is 23.8 Å². The van der Waals surface area contributed by atoms with Crippen LogP contribution in [0.1, 0.15) is 37.4 Å². The molecule has 12 heteroatoms. The molecule has 0 aliphatic carbocycles. The Morgan fingerprint density at radius 1 is 1.02 bits per heavy atom. The molecule has 0 spiro atoms. The highest BCUT2D eigenvalue weighted by molar-refractivity contribution is 7.92. The molecule has 0 bridgehead atoms. The second kappa shape index (κ2) is 10.9. The number of rotatable bonds is 8. The van der Waals surface area contributed by atoms with E-state index in [9.17, 15) is 26.4 Å². The predicted molar refractivity (Wildman–Crippen MR) is 142 cm³/mol. The number of ether oxygens (including phenoxy) is 3. The van der Waals surface area contributed by atoms with Crippen molar-refractivity contribution in [1.82, 2.24) is 5.32 Å². The zero-order valence-corrected chi connectivity index (χ0v) is 23.1. The Morgan fingerprint density at radius 3 is 2.40 bits per heavy atom. The predicted octanol–water partition coefficient (Wildman–Crippen LogP) is 5.34. The number of alkyl halides is 3. The molecule has 1 heterocycles. The standard InChI is InChI=1S/C28H29F3N2O6S/c1-27(2)16-22(21-10-5-6-11-23(21)39-27)32-26(34)17-33(19-9-7-8-18(14-19)28(29,30)31)40(35,36)20-12-13-24(37-3)25(15-20)38-4/h5-15,22H,16-17H2,1-4H3,(H,32,34). The first kappa shape index (κ1) is 29.1. The van der Waals surface area contributed by atoms with Crippen LogP contribution in [-0.2, 0) is 21.0 Å². The number of nitrogens with zero attached hydrogens (tertiary/aromatic N) is 1. The minimum Gasteiger partial charge on any atom is -0.493 e. The van der Waals surface area contributed by atoms with Crippen molar-refractivity contribution in [3.05, 3.63) is 77.9 Å². The van der Waals surface area contributed by atoms with Gasteiger partial charge in [0.1, 0.15) is 17.9 Å². The number of halogens is 3. The van der Waals surface area contributed by atoms with Crippen molar-refractivity contribution in [3.63, 3.8) is 0 Å². The first-order chi connectivity index (χ1) is 18.7. The van der Waals surface area contributed by atoms with Crippen LogP contribution in [0.15, 0.2) is 71.6 Å². The second-order valence-corrected chi connectivity index (χ2v) is 11.7. The summed E-state index contributed by atoms with van der Waals surface area (Å²) in [4.78, 5) is 13.1. The Balaban J connectivity index is 1.73. The zero-order chi connectivity index (χ0) is 29.3. The fraction of sp³-hybridized carbons (Fsp3) is 0.321. The molecule has 1 aliphatic rings. The van der Waals surface area contributed by atoms with Crippen LogP contribution >= 0.6 is 0 Å². The van der Waals surface area contributed by atoms with Gasteiger partial charge in [-0.15, -0.1) is 0 Å². The van der Waals surface area contributed by atoms with Crippen LogP contribution in [0.3, 0.4) is 0 Å². The largest absolute Gasteiger partial charge is 0.493 e.